The third-order valence-electron chi connectivity index (χ3n) is 4.52. The normalized spacial score (nSPS) is 11.5. The van der Waals surface area contributed by atoms with Gasteiger partial charge in [0.15, 0.2) is 5.82 Å². The molecule has 0 amide bonds. The Morgan fingerprint density at radius 3 is 2.49 bits per heavy atom. The molecule has 3 aromatic heterocycles. The van der Waals surface area contributed by atoms with Crippen LogP contribution in [0.3, 0.4) is 0 Å². The van der Waals surface area contributed by atoms with Crippen molar-refractivity contribution in [1.82, 2.24) is 19.9 Å². The molecule has 0 saturated carbocycles. The molecule has 12 heteroatoms. The Kier molecular flexibility index (Phi) is 8.06. The summed E-state index contributed by atoms with van der Waals surface area (Å²) in [5, 5.41) is 4.82. The van der Waals surface area contributed by atoms with E-state index < -0.39 is 10.0 Å². The van der Waals surface area contributed by atoms with Gasteiger partial charge in [-0.15, -0.1) is 0 Å². The summed E-state index contributed by atoms with van der Waals surface area (Å²) in [6, 6.07) is 9.57. The van der Waals surface area contributed by atoms with E-state index in [1.54, 1.807) is 12.4 Å². The Balaban J connectivity index is 1.55. The molecule has 1 aromatic carbocycles. The molecule has 0 aliphatic carbocycles. The molecule has 9 nitrogen and oxygen atoms in total. The van der Waals surface area contributed by atoms with E-state index in [1.807, 2.05) is 48.0 Å². The molecule has 0 fully saturated rings. The second kappa shape index (κ2) is 11.4. The summed E-state index contributed by atoms with van der Waals surface area (Å²) in [6.45, 7) is 2.24. The summed E-state index contributed by atoms with van der Waals surface area (Å²) >= 11 is 4.75. The zero-order valence-electron chi connectivity index (χ0n) is 18.5. The average molecular weight is 574 g/mol. The molecule has 4 rings (SSSR count). The maximum Gasteiger partial charge on any atom is 0.316 e. The predicted octanol–water partition coefficient (Wildman–Crippen LogP) is 4.94. The fraction of sp³-hybridized carbons (Fsp3) is 0.130. The Bertz CT molecular complexity index is 1400. The van der Waals surface area contributed by atoms with Gasteiger partial charge in [-0.25, -0.2) is 28.4 Å². The van der Waals surface area contributed by atoms with Gasteiger partial charge in [0, 0.05) is 12.4 Å². The SMILES string of the molecule is Cc1ccc(-c2c(NS(=O)(=O)C=Cc3ccsc3)ncnc2OCCOc2ncc(Br)cn2)cc1. The molecule has 3 heterocycles. The molecule has 0 bridgehead atoms. The van der Waals surface area contributed by atoms with Crippen molar-refractivity contribution in [2.75, 3.05) is 17.9 Å². The lowest BCUT2D eigenvalue weighted by atomic mass is 10.1. The average Bonchev–Trinajstić information content (AvgIpc) is 3.36. The summed E-state index contributed by atoms with van der Waals surface area (Å²) in [5.41, 5.74) is 2.96. The highest BCUT2D eigenvalue weighted by molar-refractivity contribution is 9.10. The number of halogens is 1. The number of ether oxygens (including phenoxy) is 2. The quantitative estimate of drug-likeness (QED) is 0.265. The first-order valence-electron chi connectivity index (χ1n) is 10.3. The number of hydrogen-bond donors (Lipinski definition) is 1. The number of anilines is 1. The largest absolute Gasteiger partial charge is 0.473 e. The van der Waals surface area contributed by atoms with E-state index >= 15 is 0 Å². The summed E-state index contributed by atoms with van der Waals surface area (Å²) in [6.07, 6.45) is 5.92. The number of nitrogens with zero attached hydrogens (tertiary/aromatic N) is 4. The van der Waals surface area contributed by atoms with Gasteiger partial charge < -0.3 is 9.47 Å². The molecule has 4 aromatic rings. The number of benzene rings is 1. The Hall–Kier alpha value is -3.35. The van der Waals surface area contributed by atoms with Crippen molar-refractivity contribution in [3.63, 3.8) is 0 Å². The van der Waals surface area contributed by atoms with Crippen LogP contribution in [0.15, 0.2) is 69.7 Å². The lowest BCUT2D eigenvalue weighted by Gasteiger charge is -2.15. The van der Waals surface area contributed by atoms with Crippen LogP contribution in [0.4, 0.5) is 5.82 Å². The zero-order chi connectivity index (χ0) is 24.7. The van der Waals surface area contributed by atoms with Crippen molar-refractivity contribution in [1.29, 1.82) is 0 Å². The number of aromatic nitrogens is 4. The van der Waals surface area contributed by atoms with Crippen LogP contribution in [-0.2, 0) is 10.0 Å². The van der Waals surface area contributed by atoms with Gasteiger partial charge in [0.1, 0.15) is 19.5 Å². The van der Waals surface area contributed by atoms with Crippen molar-refractivity contribution >= 4 is 49.2 Å². The van der Waals surface area contributed by atoms with Crippen LogP contribution in [-0.4, -0.2) is 41.6 Å². The lowest BCUT2D eigenvalue weighted by Crippen LogP contribution is -2.14. The van der Waals surface area contributed by atoms with Gasteiger partial charge in [-0.3, -0.25) is 4.72 Å². The van der Waals surface area contributed by atoms with Gasteiger partial charge in [0.05, 0.1) is 15.4 Å². The highest BCUT2D eigenvalue weighted by Gasteiger charge is 2.19. The molecule has 0 aliphatic heterocycles. The zero-order valence-corrected chi connectivity index (χ0v) is 21.7. The first-order chi connectivity index (χ1) is 16.9. The molecule has 0 radical (unpaired) electrons. The van der Waals surface area contributed by atoms with Gasteiger partial charge in [-0.05, 0) is 56.9 Å². The van der Waals surface area contributed by atoms with Crippen molar-refractivity contribution in [2.45, 2.75) is 6.92 Å². The van der Waals surface area contributed by atoms with Gasteiger partial charge in [-0.1, -0.05) is 29.8 Å². The third-order valence-corrected chi connectivity index (χ3v) is 6.61. The van der Waals surface area contributed by atoms with E-state index in [4.69, 9.17) is 9.47 Å². The van der Waals surface area contributed by atoms with Crippen LogP contribution < -0.4 is 14.2 Å². The summed E-state index contributed by atoms with van der Waals surface area (Å²) < 4.78 is 40.1. The third kappa shape index (κ3) is 7.07. The minimum atomic E-state index is -3.85. The maximum atomic E-state index is 12.8. The minimum Gasteiger partial charge on any atom is -0.473 e. The van der Waals surface area contributed by atoms with Crippen LogP contribution in [0.2, 0.25) is 0 Å². The number of sulfonamides is 1. The van der Waals surface area contributed by atoms with Crippen molar-refractivity contribution in [3.8, 4) is 23.0 Å². The molecule has 1 N–H and O–H groups in total. The monoisotopic (exact) mass is 573 g/mol. The van der Waals surface area contributed by atoms with Gasteiger partial charge in [0.25, 0.3) is 10.0 Å². The van der Waals surface area contributed by atoms with Crippen molar-refractivity contribution in [2.24, 2.45) is 0 Å². The fourth-order valence-electron chi connectivity index (χ4n) is 2.89. The van der Waals surface area contributed by atoms with Crippen molar-refractivity contribution < 1.29 is 17.9 Å². The van der Waals surface area contributed by atoms with Crippen LogP contribution >= 0.6 is 27.3 Å². The Morgan fingerprint density at radius 1 is 1.03 bits per heavy atom. The molecule has 0 atom stereocenters. The first kappa shape index (κ1) is 24.8. The van der Waals surface area contributed by atoms with E-state index in [2.05, 4.69) is 40.6 Å². The van der Waals surface area contributed by atoms with Crippen LogP contribution in [0.1, 0.15) is 11.1 Å². The van der Waals surface area contributed by atoms with Gasteiger partial charge >= 0.3 is 6.01 Å². The van der Waals surface area contributed by atoms with Gasteiger partial charge in [0.2, 0.25) is 5.88 Å². The summed E-state index contributed by atoms with van der Waals surface area (Å²) in [7, 11) is -3.85. The molecule has 0 aliphatic rings. The Labute approximate surface area is 215 Å². The molecule has 35 heavy (non-hydrogen) atoms. The highest BCUT2D eigenvalue weighted by Crippen LogP contribution is 2.34. The molecular weight excluding hydrogens is 554 g/mol. The van der Waals surface area contributed by atoms with Crippen LogP contribution in [0.5, 0.6) is 11.9 Å². The Morgan fingerprint density at radius 2 is 1.77 bits per heavy atom. The number of thiophene rings is 1. The van der Waals surface area contributed by atoms with Crippen LogP contribution in [0.25, 0.3) is 17.2 Å². The molecular formula is C23H20BrN5O4S2. The molecule has 0 saturated heterocycles. The number of nitrogens with one attached hydrogen (secondary N) is 1. The van der Waals surface area contributed by atoms with E-state index in [-0.39, 0.29) is 30.9 Å². The summed E-state index contributed by atoms with van der Waals surface area (Å²) in [5.74, 6) is 0.315. The van der Waals surface area contributed by atoms with Crippen molar-refractivity contribution in [3.05, 3.63) is 80.8 Å². The standard InChI is InChI=1S/C23H20BrN5O4S2/c1-16-2-4-18(5-3-16)20-21(29-35(30,31)11-7-17-6-10-34-14-17)27-15-28-22(20)32-8-9-33-23-25-12-19(24)13-26-23/h2-7,10-15H,8-9H2,1H3,(H,27,28,29). The number of rotatable bonds is 10. The number of hydrogen-bond acceptors (Lipinski definition) is 9. The second-order valence-corrected chi connectivity index (χ2v) is 10.4. The topological polar surface area (TPSA) is 116 Å². The van der Waals surface area contributed by atoms with E-state index in [1.165, 1.54) is 23.7 Å². The lowest BCUT2D eigenvalue weighted by molar-refractivity contribution is 0.202. The van der Waals surface area contributed by atoms with Gasteiger partial charge in [-0.2, -0.15) is 11.3 Å². The maximum absolute atomic E-state index is 12.8. The highest BCUT2D eigenvalue weighted by atomic mass is 79.9. The first-order valence-corrected chi connectivity index (χ1v) is 13.6. The van der Waals surface area contributed by atoms with E-state index in [0.717, 1.165) is 21.0 Å². The predicted molar refractivity (Wildman–Crippen MR) is 139 cm³/mol. The van der Waals surface area contributed by atoms with Crippen LogP contribution in [0, 0.1) is 6.92 Å². The number of aryl methyl sites for hydroxylation is 1. The second-order valence-electron chi connectivity index (χ2n) is 7.16. The fourth-order valence-corrected chi connectivity index (χ4v) is 4.55. The molecule has 180 valence electrons. The van der Waals surface area contributed by atoms with E-state index in [0.29, 0.717) is 11.1 Å². The summed E-state index contributed by atoms with van der Waals surface area (Å²) in [4.78, 5) is 16.5. The minimum absolute atomic E-state index is 0.103. The molecule has 0 spiro atoms. The smallest absolute Gasteiger partial charge is 0.316 e. The van der Waals surface area contributed by atoms with E-state index in [9.17, 15) is 8.42 Å². The molecule has 0 unspecified atom stereocenters.